The summed E-state index contributed by atoms with van der Waals surface area (Å²) in [6, 6.07) is 49.6. The fourth-order valence-corrected chi connectivity index (χ4v) is 6.78. The topological polar surface area (TPSA) is 3.24 Å². The average molecular weight is 504 g/mol. The van der Waals surface area contributed by atoms with Crippen molar-refractivity contribution in [3.63, 3.8) is 0 Å². The molecule has 5 aromatic rings. The Morgan fingerprint density at radius 2 is 1.10 bits per heavy atom. The molecule has 190 valence electrons. The summed E-state index contributed by atoms with van der Waals surface area (Å²) in [5, 5.41) is 0. The van der Waals surface area contributed by atoms with Gasteiger partial charge in [0.2, 0.25) is 0 Å². The van der Waals surface area contributed by atoms with Gasteiger partial charge in [0, 0.05) is 23.3 Å². The molecule has 0 bridgehead atoms. The van der Waals surface area contributed by atoms with Gasteiger partial charge >= 0.3 is 0 Å². The summed E-state index contributed by atoms with van der Waals surface area (Å²) in [6.45, 7) is 2.17. The molecule has 7 rings (SSSR count). The number of aryl methyl sites for hydroxylation is 1. The van der Waals surface area contributed by atoms with E-state index in [-0.39, 0.29) is 0 Å². The van der Waals surface area contributed by atoms with Gasteiger partial charge in [-0.15, -0.1) is 0 Å². The Hall–Kier alpha value is -4.36. The minimum Gasteiger partial charge on any atom is -0.338 e. The van der Waals surface area contributed by atoms with Crippen LogP contribution in [0.4, 0.5) is 11.4 Å². The molecular weight excluding hydrogens is 470 g/mol. The third-order valence-corrected chi connectivity index (χ3v) is 8.54. The van der Waals surface area contributed by atoms with Gasteiger partial charge in [-0.05, 0) is 83.0 Å². The van der Waals surface area contributed by atoms with Crippen LogP contribution in [0.2, 0.25) is 0 Å². The highest BCUT2D eigenvalue weighted by atomic mass is 15.2. The van der Waals surface area contributed by atoms with E-state index in [1.807, 2.05) is 0 Å². The minimum atomic E-state index is 0.546. The van der Waals surface area contributed by atoms with Crippen molar-refractivity contribution in [1.29, 1.82) is 0 Å². The van der Waals surface area contributed by atoms with Gasteiger partial charge in [0.25, 0.3) is 0 Å². The number of rotatable bonds is 5. The minimum absolute atomic E-state index is 0.546. The van der Waals surface area contributed by atoms with Crippen LogP contribution in [-0.2, 0) is 0 Å². The Morgan fingerprint density at radius 1 is 0.564 bits per heavy atom. The summed E-state index contributed by atoms with van der Waals surface area (Å²) in [6.07, 6.45) is 3.81. The number of anilines is 2. The highest BCUT2D eigenvalue weighted by Gasteiger charge is 2.42. The molecule has 39 heavy (non-hydrogen) atoms. The van der Waals surface area contributed by atoms with Gasteiger partial charge in [0.1, 0.15) is 0 Å². The summed E-state index contributed by atoms with van der Waals surface area (Å²) in [5.41, 5.74) is 13.1. The Labute approximate surface area is 232 Å². The molecule has 1 heteroatoms. The Kier molecular flexibility index (Phi) is 6.13. The molecule has 2 aliphatic rings. The maximum Gasteiger partial charge on any atom is 0.0450 e. The lowest BCUT2D eigenvalue weighted by molar-refractivity contribution is 0.642. The van der Waals surface area contributed by atoms with Crippen molar-refractivity contribution in [1.82, 2.24) is 0 Å². The third-order valence-electron chi connectivity index (χ3n) is 8.54. The molecule has 0 radical (unpaired) electrons. The first-order chi connectivity index (χ1) is 19.3. The van der Waals surface area contributed by atoms with Crippen LogP contribution >= 0.6 is 0 Å². The zero-order valence-corrected chi connectivity index (χ0v) is 22.4. The van der Waals surface area contributed by atoms with Gasteiger partial charge in [-0.3, -0.25) is 0 Å². The summed E-state index contributed by atoms with van der Waals surface area (Å²) >= 11 is 0. The third kappa shape index (κ3) is 4.29. The number of hydrogen-bond donors (Lipinski definition) is 0. The first-order valence-corrected chi connectivity index (χ1v) is 14.2. The molecule has 0 aromatic heterocycles. The summed E-state index contributed by atoms with van der Waals surface area (Å²) in [7, 11) is 0. The molecule has 0 N–H and O–H groups in total. The van der Waals surface area contributed by atoms with E-state index in [0.29, 0.717) is 12.0 Å². The second kappa shape index (κ2) is 10.1. The fraction of sp³-hybridized carbons (Fsp3) is 0.158. The van der Waals surface area contributed by atoms with E-state index in [9.17, 15) is 0 Å². The van der Waals surface area contributed by atoms with Gasteiger partial charge in [-0.25, -0.2) is 0 Å². The Morgan fingerprint density at radius 3 is 1.67 bits per heavy atom. The van der Waals surface area contributed by atoms with Crippen LogP contribution in [0, 0.1) is 6.92 Å². The highest BCUT2D eigenvalue weighted by molar-refractivity contribution is 6.05. The monoisotopic (exact) mass is 503 g/mol. The smallest absolute Gasteiger partial charge is 0.0450 e. The molecule has 5 aromatic carbocycles. The standard InChI is InChI=1S/C38H33N/c1-27-20-23-32(24-21-27)39-35-19-11-18-33(35)34-26-31(22-25-36(34)39)38(30-16-9-4-10-17-30)37(28-12-5-2-6-13-28)29-14-7-3-8-15-29/h2-10,12-17,20-26,33,35H,11,18-19H2,1H3. The van der Waals surface area contributed by atoms with Crippen LogP contribution in [0.1, 0.15) is 58.6 Å². The second-order valence-electron chi connectivity index (χ2n) is 10.9. The summed E-state index contributed by atoms with van der Waals surface area (Å²) < 4.78 is 0. The fourth-order valence-electron chi connectivity index (χ4n) is 6.78. The first-order valence-electron chi connectivity index (χ1n) is 14.2. The molecular formula is C38H33N. The highest BCUT2D eigenvalue weighted by Crippen LogP contribution is 2.53. The van der Waals surface area contributed by atoms with E-state index in [0.717, 1.165) is 0 Å². The van der Waals surface area contributed by atoms with Gasteiger partial charge in [0.05, 0.1) is 0 Å². The number of hydrogen-bond acceptors (Lipinski definition) is 1. The Balaban J connectivity index is 1.46. The quantitative estimate of drug-likeness (QED) is 0.216. The van der Waals surface area contributed by atoms with Gasteiger partial charge in [0.15, 0.2) is 0 Å². The van der Waals surface area contributed by atoms with Gasteiger partial charge < -0.3 is 4.90 Å². The lowest BCUT2D eigenvalue weighted by atomic mass is 9.84. The largest absolute Gasteiger partial charge is 0.338 e. The number of fused-ring (bicyclic) bond motifs is 3. The van der Waals surface area contributed by atoms with Crippen molar-refractivity contribution < 1.29 is 0 Å². The Bertz CT molecular complexity index is 1570. The van der Waals surface area contributed by atoms with E-state index in [1.165, 1.54) is 75.2 Å². The van der Waals surface area contributed by atoms with E-state index >= 15 is 0 Å². The lowest BCUT2D eigenvalue weighted by Gasteiger charge is -2.27. The molecule has 2 atom stereocenters. The maximum atomic E-state index is 2.62. The van der Waals surface area contributed by atoms with E-state index in [1.54, 1.807) is 0 Å². The molecule has 0 spiro atoms. The SMILES string of the molecule is Cc1ccc(N2c3ccc(C(=C(c4ccccc4)c4ccccc4)c4ccccc4)cc3C3CCCC32)cc1. The molecule has 1 fully saturated rings. The van der Waals surface area contributed by atoms with Crippen LogP contribution in [0.5, 0.6) is 0 Å². The predicted molar refractivity (Wildman–Crippen MR) is 164 cm³/mol. The molecule has 1 nitrogen and oxygen atoms in total. The lowest BCUT2D eigenvalue weighted by Crippen LogP contribution is -2.26. The number of nitrogens with zero attached hydrogens (tertiary/aromatic N) is 1. The van der Waals surface area contributed by atoms with Crippen molar-refractivity contribution in [3.05, 3.63) is 167 Å². The van der Waals surface area contributed by atoms with Gasteiger partial charge in [-0.2, -0.15) is 0 Å². The second-order valence-corrected chi connectivity index (χ2v) is 10.9. The van der Waals surface area contributed by atoms with Crippen molar-refractivity contribution in [2.24, 2.45) is 0 Å². The van der Waals surface area contributed by atoms with Crippen molar-refractivity contribution in [2.45, 2.75) is 38.1 Å². The van der Waals surface area contributed by atoms with Crippen molar-refractivity contribution in [2.75, 3.05) is 4.90 Å². The van der Waals surface area contributed by atoms with Crippen LogP contribution in [-0.4, -0.2) is 6.04 Å². The zero-order valence-electron chi connectivity index (χ0n) is 22.4. The zero-order chi connectivity index (χ0) is 26.2. The van der Waals surface area contributed by atoms with E-state index in [4.69, 9.17) is 0 Å². The van der Waals surface area contributed by atoms with E-state index < -0.39 is 0 Å². The van der Waals surface area contributed by atoms with Gasteiger partial charge in [-0.1, -0.05) is 121 Å². The summed E-state index contributed by atoms with van der Waals surface area (Å²) in [5.74, 6) is 0.579. The average Bonchev–Trinajstić information content (AvgIpc) is 3.59. The van der Waals surface area contributed by atoms with Crippen LogP contribution in [0.3, 0.4) is 0 Å². The first kappa shape index (κ1) is 23.7. The molecule has 0 amide bonds. The normalized spacial score (nSPS) is 17.5. The number of benzene rings is 5. The van der Waals surface area contributed by atoms with Crippen molar-refractivity contribution >= 4 is 22.5 Å². The van der Waals surface area contributed by atoms with Crippen LogP contribution < -0.4 is 4.90 Å². The molecule has 1 heterocycles. The predicted octanol–water partition coefficient (Wildman–Crippen LogP) is 9.79. The van der Waals surface area contributed by atoms with E-state index in [2.05, 4.69) is 145 Å². The van der Waals surface area contributed by atoms with Crippen LogP contribution in [0.15, 0.2) is 133 Å². The molecule has 1 saturated carbocycles. The van der Waals surface area contributed by atoms with Crippen LogP contribution in [0.25, 0.3) is 11.1 Å². The summed E-state index contributed by atoms with van der Waals surface area (Å²) in [4.78, 5) is 2.62. The molecule has 1 aliphatic carbocycles. The maximum absolute atomic E-state index is 2.62. The molecule has 1 aliphatic heterocycles. The van der Waals surface area contributed by atoms with Crippen molar-refractivity contribution in [3.8, 4) is 0 Å². The molecule has 2 unspecified atom stereocenters. The molecule has 0 saturated heterocycles.